The molecular formula is C20H25N7O2. The molecule has 0 aliphatic carbocycles. The van der Waals surface area contributed by atoms with Crippen molar-refractivity contribution in [3.8, 4) is 11.1 Å². The average Bonchev–Trinajstić information content (AvgIpc) is 3.06. The second kappa shape index (κ2) is 9.39. The molecule has 0 aliphatic heterocycles. The third kappa shape index (κ3) is 5.24. The average molecular weight is 395 g/mol. The SMILES string of the molecule is Cc1nc(CCC(=O)O)n(Cc2ccc(-c3ccccc3C(N)NNN)cc2)n1. The van der Waals surface area contributed by atoms with Crippen LogP contribution >= 0.6 is 0 Å². The molecule has 3 aromatic rings. The van der Waals surface area contributed by atoms with E-state index in [0.717, 1.165) is 22.3 Å². The first-order chi connectivity index (χ1) is 14.0. The van der Waals surface area contributed by atoms with Gasteiger partial charge in [-0.3, -0.25) is 10.6 Å². The number of nitrogens with two attached hydrogens (primary N) is 2. The molecule has 2 aromatic carbocycles. The molecule has 0 saturated heterocycles. The number of rotatable bonds is 9. The summed E-state index contributed by atoms with van der Waals surface area (Å²) in [5, 5.41) is 13.3. The standard InChI is InChI=1S/C20H25N7O2/c1-13-23-18(10-11-19(28)29)27(25-13)12-14-6-8-15(9-7-14)16-4-2-3-5-17(16)20(21)24-26-22/h2-9,20,24,26H,10-12,21-22H2,1H3,(H,28,29). The van der Waals surface area contributed by atoms with Crippen LogP contribution in [0.5, 0.6) is 0 Å². The van der Waals surface area contributed by atoms with Crippen LogP contribution in [0.2, 0.25) is 0 Å². The number of hydrogen-bond acceptors (Lipinski definition) is 7. The fraction of sp³-hybridized carbons (Fsp3) is 0.250. The Morgan fingerprint density at radius 3 is 2.62 bits per heavy atom. The molecular weight excluding hydrogens is 370 g/mol. The molecule has 152 valence electrons. The number of carbonyl (C=O) groups is 1. The third-order valence-electron chi connectivity index (χ3n) is 4.55. The van der Waals surface area contributed by atoms with Gasteiger partial charge in [0.1, 0.15) is 11.6 Å². The molecule has 1 unspecified atom stereocenters. The minimum Gasteiger partial charge on any atom is -0.481 e. The summed E-state index contributed by atoms with van der Waals surface area (Å²) in [7, 11) is 0. The highest BCUT2D eigenvalue weighted by Crippen LogP contribution is 2.26. The summed E-state index contributed by atoms with van der Waals surface area (Å²) in [6.45, 7) is 2.32. The Labute approximate surface area is 168 Å². The molecule has 3 rings (SSSR count). The van der Waals surface area contributed by atoms with Crippen LogP contribution in [0.4, 0.5) is 0 Å². The fourth-order valence-corrected chi connectivity index (χ4v) is 3.19. The summed E-state index contributed by atoms with van der Waals surface area (Å²) in [5.41, 5.74) is 15.3. The topological polar surface area (TPSA) is 144 Å². The maximum Gasteiger partial charge on any atom is 0.303 e. The molecule has 9 nitrogen and oxygen atoms in total. The van der Waals surface area contributed by atoms with Gasteiger partial charge in [0.05, 0.1) is 19.1 Å². The number of nitrogens with one attached hydrogen (secondary N) is 2. The van der Waals surface area contributed by atoms with Crippen molar-refractivity contribution in [3.63, 3.8) is 0 Å². The van der Waals surface area contributed by atoms with E-state index in [-0.39, 0.29) is 6.42 Å². The summed E-state index contributed by atoms with van der Waals surface area (Å²) < 4.78 is 1.76. The summed E-state index contributed by atoms with van der Waals surface area (Å²) in [6, 6.07) is 15.9. The van der Waals surface area contributed by atoms with Gasteiger partial charge in [-0.1, -0.05) is 48.5 Å². The Hall–Kier alpha value is -3.11. The lowest BCUT2D eigenvalue weighted by molar-refractivity contribution is -0.137. The number of aryl methyl sites for hydroxylation is 2. The van der Waals surface area contributed by atoms with E-state index in [1.807, 2.05) is 48.5 Å². The van der Waals surface area contributed by atoms with Gasteiger partial charge >= 0.3 is 5.97 Å². The summed E-state index contributed by atoms with van der Waals surface area (Å²) >= 11 is 0. The predicted octanol–water partition coefficient (Wildman–Crippen LogP) is 1.24. The highest BCUT2D eigenvalue weighted by atomic mass is 16.4. The lowest BCUT2D eigenvalue weighted by Gasteiger charge is -2.17. The van der Waals surface area contributed by atoms with Crippen LogP contribution in [0.25, 0.3) is 11.1 Å². The van der Waals surface area contributed by atoms with Gasteiger partial charge in [0.2, 0.25) is 0 Å². The van der Waals surface area contributed by atoms with E-state index in [0.29, 0.717) is 24.6 Å². The zero-order chi connectivity index (χ0) is 20.8. The molecule has 1 atom stereocenters. The van der Waals surface area contributed by atoms with Crippen LogP contribution < -0.4 is 22.5 Å². The molecule has 0 spiro atoms. The van der Waals surface area contributed by atoms with E-state index in [9.17, 15) is 4.79 Å². The minimum absolute atomic E-state index is 0.0276. The van der Waals surface area contributed by atoms with Crippen molar-refractivity contribution in [1.82, 2.24) is 25.7 Å². The van der Waals surface area contributed by atoms with E-state index in [4.69, 9.17) is 16.7 Å². The molecule has 0 bridgehead atoms. The first-order valence-corrected chi connectivity index (χ1v) is 9.25. The molecule has 0 fully saturated rings. The van der Waals surface area contributed by atoms with Gasteiger partial charge in [0.25, 0.3) is 0 Å². The maximum atomic E-state index is 10.9. The largest absolute Gasteiger partial charge is 0.481 e. The van der Waals surface area contributed by atoms with Crippen molar-refractivity contribution in [2.24, 2.45) is 11.6 Å². The van der Waals surface area contributed by atoms with Gasteiger partial charge in [-0.05, 0) is 29.2 Å². The van der Waals surface area contributed by atoms with E-state index >= 15 is 0 Å². The molecule has 0 saturated carbocycles. The summed E-state index contributed by atoms with van der Waals surface area (Å²) in [4.78, 5) is 15.2. The second-order valence-electron chi connectivity index (χ2n) is 6.68. The van der Waals surface area contributed by atoms with Crippen molar-refractivity contribution >= 4 is 5.97 Å². The molecule has 1 heterocycles. The Morgan fingerprint density at radius 2 is 1.93 bits per heavy atom. The number of benzene rings is 2. The summed E-state index contributed by atoms with van der Waals surface area (Å²) in [6.07, 6.45) is -0.0765. The van der Waals surface area contributed by atoms with Gasteiger partial charge in [-0.25, -0.2) is 15.1 Å². The van der Waals surface area contributed by atoms with Crippen LogP contribution in [0.3, 0.4) is 0 Å². The zero-order valence-corrected chi connectivity index (χ0v) is 16.2. The second-order valence-corrected chi connectivity index (χ2v) is 6.68. The molecule has 9 heteroatoms. The Bertz CT molecular complexity index is 969. The van der Waals surface area contributed by atoms with Gasteiger partial charge in [-0.2, -0.15) is 10.6 Å². The highest BCUT2D eigenvalue weighted by Gasteiger charge is 2.13. The lowest BCUT2D eigenvalue weighted by Crippen LogP contribution is -2.44. The van der Waals surface area contributed by atoms with E-state index < -0.39 is 12.1 Å². The number of hydrogen-bond donors (Lipinski definition) is 5. The van der Waals surface area contributed by atoms with E-state index in [1.54, 1.807) is 11.6 Å². The predicted molar refractivity (Wildman–Crippen MR) is 109 cm³/mol. The number of nitrogens with zero attached hydrogens (tertiary/aromatic N) is 3. The molecule has 7 N–H and O–H groups in total. The van der Waals surface area contributed by atoms with Gasteiger partial charge in [-0.15, -0.1) is 0 Å². The van der Waals surface area contributed by atoms with Crippen molar-refractivity contribution < 1.29 is 9.90 Å². The van der Waals surface area contributed by atoms with Crippen molar-refractivity contribution in [2.75, 3.05) is 0 Å². The van der Waals surface area contributed by atoms with Crippen LogP contribution in [-0.4, -0.2) is 25.8 Å². The number of carboxylic acid groups (broad SMARTS) is 1. The van der Waals surface area contributed by atoms with Crippen molar-refractivity contribution in [3.05, 3.63) is 71.3 Å². The van der Waals surface area contributed by atoms with Crippen LogP contribution in [0.15, 0.2) is 48.5 Å². The normalized spacial score (nSPS) is 12.1. The highest BCUT2D eigenvalue weighted by molar-refractivity contribution is 5.68. The van der Waals surface area contributed by atoms with E-state index in [2.05, 4.69) is 21.0 Å². The van der Waals surface area contributed by atoms with Gasteiger partial charge < -0.3 is 10.8 Å². The first kappa shape index (κ1) is 20.6. The Kier molecular flexibility index (Phi) is 6.68. The van der Waals surface area contributed by atoms with Gasteiger partial charge in [0, 0.05) is 6.42 Å². The Morgan fingerprint density at radius 1 is 1.21 bits per heavy atom. The van der Waals surface area contributed by atoms with E-state index in [1.165, 1.54) is 0 Å². The number of carboxylic acids is 1. The summed E-state index contributed by atoms with van der Waals surface area (Å²) in [5.74, 6) is 5.77. The lowest BCUT2D eigenvalue weighted by atomic mass is 9.97. The quantitative estimate of drug-likeness (QED) is 0.207. The number of hydrazine groups is 2. The number of aliphatic carboxylic acids is 1. The monoisotopic (exact) mass is 395 g/mol. The molecule has 0 radical (unpaired) electrons. The molecule has 0 amide bonds. The van der Waals surface area contributed by atoms with Crippen LogP contribution in [0.1, 0.15) is 35.4 Å². The maximum absolute atomic E-state index is 10.9. The minimum atomic E-state index is -0.849. The number of aromatic nitrogens is 3. The first-order valence-electron chi connectivity index (χ1n) is 9.25. The molecule has 29 heavy (non-hydrogen) atoms. The third-order valence-corrected chi connectivity index (χ3v) is 4.55. The van der Waals surface area contributed by atoms with Crippen molar-refractivity contribution in [1.29, 1.82) is 0 Å². The van der Waals surface area contributed by atoms with Crippen molar-refractivity contribution in [2.45, 2.75) is 32.5 Å². The Balaban J connectivity index is 1.80. The van der Waals surface area contributed by atoms with Crippen LogP contribution in [0, 0.1) is 6.92 Å². The molecule has 1 aromatic heterocycles. The molecule has 0 aliphatic rings. The zero-order valence-electron chi connectivity index (χ0n) is 16.2. The van der Waals surface area contributed by atoms with Crippen LogP contribution in [-0.2, 0) is 17.8 Å². The fourth-order valence-electron chi connectivity index (χ4n) is 3.19. The smallest absolute Gasteiger partial charge is 0.303 e. The van der Waals surface area contributed by atoms with Gasteiger partial charge in [0.15, 0.2) is 0 Å².